The molecular formula is C15H21ClN2O3. The number of ether oxygens (including phenoxy) is 3. The van der Waals surface area contributed by atoms with Crippen molar-refractivity contribution in [1.82, 2.24) is 5.32 Å². The number of rotatable bonds is 8. The number of nitrogens with one attached hydrogen (secondary N) is 1. The van der Waals surface area contributed by atoms with Crippen LogP contribution in [0.25, 0.3) is 0 Å². The molecule has 3 N–H and O–H groups in total. The molecule has 116 valence electrons. The van der Waals surface area contributed by atoms with Crippen molar-refractivity contribution in [3.05, 3.63) is 34.9 Å². The third kappa shape index (κ3) is 4.35. The van der Waals surface area contributed by atoms with E-state index in [4.69, 9.17) is 31.5 Å². The summed E-state index contributed by atoms with van der Waals surface area (Å²) in [6.45, 7) is 8.25. The Bertz CT molecular complexity index is 508. The molecule has 0 saturated carbocycles. The number of hydrogen-bond donors (Lipinski definition) is 2. The van der Waals surface area contributed by atoms with E-state index in [-0.39, 0.29) is 12.8 Å². The summed E-state index contributed by atoms with van der Waals surface area (Å²) in [5.41, 5.74) is 7.82. The van der Waals surface area contributed by atoms with Gasteiger partial charge in [0.25, 0.3) is 0 Å². The van der Waals surface area contributed by atoms with Gasteiger partial charge in [0.2, 0.25) is 6.79 Å². The lowest BCUT2D eigenvalue weighted by Gasteiger charge is -2.18. The number of benzene rings is 1. The van der Waals surface area contributed by atoms with Gasteiger partial charge in [-0.2, -0.15) is 0 Å². The first-order valence-corrected chi connectivity index (χ1v) is 7.24. The summed E-state index contributed by atoms with van der Waals surface area (Å²) in [5.74, 6) is 1.26. The van der Waals surface area contributed by atoms with E-state index in [1.54, 1.807) is 0 Å². The molecule has 1 aliphatic rings. The number of nitrogens with two attached hydrogens (primary N) is 1. The van der Waals surface area contributed by atoms with Gasteiger partial charge in [-0.1, -0.05) is 23.8 Å². The second-order valence-electron chi connectivity index (χ2n) is 4.99. The fourth-order valence-electron chi connectivity index (χ4n) is 2.08. The molecule has 0 spiro atoms. The molecule has 1 unspecified atom stereocenters. The average molecular weight is 313 g/mol. The van der Waals surface area contributed by atoms with E-state index >= 15 is 0 Å². The first kappa shape index (κ1) is 16.1. The first-order valence-electron chi connectivity index (χ1n) is 6.86. The number of hydrogen-bond acceptors (Lipinski definition) is 5. The van der Waals surface area contributed by atoms with Gasteiger partial charge in [-0.05, 0) is 24.6 Å². The molecule has 0 saturated heterocycles. The minimum Gasteiger partial charge on any atom is -0.454 e. The van der Waals surface area contributed by atoms with Gasteiger partial charge in [-0.3, -0.25) is 0 Å². The van der Waals surface area contributed by atoms with E-state index in [0.29, 0.717) is 42.8 Å². The van der Waals surface area contributed by atoms with Gasteiger partial charge in [0.15, 0.2) is 11.5 Å². The zero-order valence-electron chi connectivity index (χ0n) is 12.2. The number of fused-ring (bicyclic) bond motifs is 1. The van der Waals surface area contributed by atoms with Crippen molar-refractivity contribution in [2.24, 2.45) is 5.73 Å². The third-order valence-corrected chi connectivity index (χ3v) is 3.35. The molecule has 1 aliphatic heterocycles. The van der Waals surface area contributed by atoms with Gasteiger partial charge in [0.1, 0.15) is 0 Å². The summed E-state index contributed by atoms with van der Waals surface area (Å²) >= 11 is 6.19. The van der Waals surface area contributed by atoms with Crippen molar-refractivity contribution in [3.63, 3.8) is 0 Å². The van der Waals surface area contributed by atoms with E-state index in [1.165, 1.54) is 0 Å². The van der Waals surface area contributed by atoms with Crippen LogP contribution in [-0.4, -0.2) is 33.1 Å². The summed E-state index contributed by atoms with van der Waals surface area (Å²) in [6.07, 6.45) is 0. The zero-order valence-corrected chi connectivity index (χ0v) is 12.9. The van der Waals surface area contributed by atoms with Gasteiger partial charge in [-0.15, -0.1) is 0 Å². The average Bonchev–Trinajstić information content (AvgIpc) is 2.91. The Hall–Kier alpha value is -1.27. The summed E-state index contributed by atoms with van der Waals surface area (Å²) in [4.78, 5) is 0. The highest BCUT2D eigenvalue weighted by Gasteiger charge is 2.21. The van der Waals surface area contributed by atoms with E-state index < -0.39 is 0 Å². The van der Waals surface area contributed by atoms with Crippen molar-refractivity contribution in [3.8, 4) is 11.5 Å². The van der Waals surface area contributed by atoms with E-state index in [0.717, 1.165) is 11.1 Å². The highest BCUT2D eigenvalue weighted by Crippen LogP contribution is 2.40. The zero-order chi connectivity index (χ0) is 15.2. The Morgan fingerprint density at radius 1 is 1.52 bits per heavy atom. The second kappa shape index (κ2) is 7.66. The molecule has 0 aliphatic carbocycles. The van der Waals surface area contributed by atoms with Gasteiger partial charge in [0.05, 0.1) is 18.2 Å². The molecule has 1 atom stereocenters. The standard InChI is InChI=1S/C15H21ClN2O3/c1-10(2)8-19-4-3-18-13(7-17)11-5-12(16)15-14(6-11)20-9-21-15/h5-6,13,18H,1,3-4,7-9,17H2,2H3. The molecular weight excluding hydrogens is 292 g/mol. The molecule has 0 amide bonds. The quantitative estimate of drug-likeness (QED) is 0.569. The van der Waals surface area contributed by atoms with E-state index in [1.807, 2.05) is 19.1 Å². The smallest absolute Gasteiger partial charge is 0.231 e. The van der Waals surface area contributed by atoms with E-state index in [9.17, 15) is 0 Å². The Kier molecular flexibility index (Phi) is 5.87. The predicted octanol–water partition coefficient (Wildman–Crippen LogP) is 2.25. The summed E-state index contributed by atoms with van der Waals surface area (Å²) < 4.78 is 16.1. The van der Waals surface area contributed by atoms with Crippen LogP contribution < -0.4 is 20.5 Å². The molecule has 5 nitrogen and oxygen atoms in total. The van der Waals surface area contributed by atoms with Crippen LogP contribution in [0.2, 0.25) is 5.02 Å². The van der Waals surface area contributed by atoms with Crippen molar-refractivity contribution < 1.29 is 14.2 Å². The molecule has 1 aromatic carbocycles. The minimum absolute atomic E-state index is 0.00886. The Labute approximate surface area is 130 Å². The largest absolute Gasteiger partial charge is 0.454 e. The summed E-state index contributed by atoms with van der Waals surface area (Å²) in [6, 6.07) is 3.76. The molecule has 0 bridgehead atoms. The fourth-order valence-corrected chi connectivity index (χ4v) is 2.35. The predicted molar refractivity (Wildman–Crippen MR) is 83.0 cm³/mol. The summed E-state index contributed by atoms with van der Waals surface area (Å²) in [5, 5.41) is 3.88. The molecule has 0 aromatic heterocycles. The topological polar surface area (TPSA) is 65.7 Å². The van der Waals surface area contributed by atoms with Crippen LogP contribution in [0.4, 0.5) is 0 Å². The maximum atomic E-state index is 6.19. The van der Waals surface area contributed by atoms with Crippen molar-refractivity contribution in [1.29, 1.82) is 0 Å². The molecule has 0 fully saturated rings. The molecule has 6 heteroatoms. The molecule has 21 heavy (non-hydrogen) atoms. The summed E-state index contributed by atoms with van der Waals surface area (Å²) in [7, 11) is 0. The molecule has 1 heterocycles. The lowest BCUT2D eigenvalue weighted by atomic mass is 10.1. The monoisotopic (exact) mass is 312 g/mol. The third-order valence-electron chi connectivity index (χ3n) is 3.07. The highest BCUT2D eigenvalue weighted by atomic mass is 35.5. The molecule has 1 aromatic rings. The Balaban J connectivity index is 1.92. The van der Waals surface area contributed by atoms with Crippen LogP contribution in [0.5, 0.6) is 11.5 Å². The number of halogens is 1. The van der Waals surface area contributed by atoms with Crippen LogP contribution in [0.15, 0.2) is 24.3 Å². The maximum Gasteiger partial charge on any atom is 0.231 e. The van der Waals surface area contributed by atoms with Gasteiger partial charge in [-0.25, -0.2) is 0 Å². The Morgan fingerprint density at radius 3 is 3.05 bits per heavy atom. The lowest BCUT2D eigenvalue weighted by molar-refractivity contribution is 0.155. The van der Waals surface area contributed by atoms with Gasteiger partial charge in [0, 0.05) is 19.1 Å². The van der Waals surface area contributed by atoms with Crippen molar-refractivity contribution in [2.45, 2.75) is 13.0 Å². The SMILES string of the molecule is C=C(C)COCCNC(CN)c1cc(Cl)c2c(c1)OCO2. The lowest BCUT2D eigenvalue weighted by Crippen LogP contribution is -2.31. The molecule has 2 rings (SSSR count). The van der Waals surface area contributed by atoms with Gasteiger partial charge < -0.3 is 25.3 Å². The normalized spacial score (nSPS) is 14.2. The van der Waals surface area contributed by atoms with Crippen LogP contribution in [0, 0.1) is 0 Å². The fraction of sp³-hybridized carbons (Fsp3) is 0.467. The first-order chi connectivity index (χ1) is 10.1. The molecule has 0 radical (unpaired) electrons. The Morgan fingerprint density at radius 2 is 2.33 bits per heavy atom. The highest BCUT2D eigenvalue weighted by molar-refractivity contribution is 6.32. The van der Waals surface area contributed by atoms with Crippen LogP contribution in [0.1, 0.15) is 18.5 Å². The van der Waals surface area contributed by atoms with Crippen molar-refractivity contribution in [2.75, 3.05) is 33.1 Å². The van der Waals surface area contributed by atoms with Crippen LogP contribution >= 0.6 is 11.6 Å². The maximum absolute atomic E-state index is 6.19. The second-order valence-corrected chi connectivity index (χ2v) is 5.40. The van der Waals surface area contributed by atoms with Crippen molar-refractivity contribution >= 4 is 11.6 Å². The van der Waals surface area contributed by atoms with Crippen LogP contribution in [-0.2, 0) is 4.74 Å². The van der Waals surface area contributed by atoms with E-state index in [2.05, 4.69) is 11.9 Å². The minimum atomic E-state index is -0.00886. The van der Waals surface area contributed by atoms with Crippen LogP contribution in [0.3, 0.4) is 0 Å². The van der Waals surface area contributed by atoms with Gasteiger partial charge >= 0.3 is 0 Å².